The van der Waals surface area contributed by atoms with Gasteiger partial charge in [-0.05, 0) is 54.6 Å². The SMILES string of the molecule is COc1ccc(-c2nnc3ccc(OCCNC(=O)Nc4ccc(F)cc4)nn23)cc1. The van der Waals surface area contributed by atoms with Crippen LogP contribution in [0.25, 0.3) is 17.0 Å². The van der Waals surface area contributed by atoms with Gasteiger partial charge in [-0.15, -0.1) is 15.3 Å². The molecule has 0 bridgehead atoms. The second-order valence-electron chi connectivity index (χ2n) is 6.43. The average molecular weight is 422 g/mol. The van der Waals surface area contributed by atoms with Crippen LogP contribution in [0.1, 0.15) is 0 Å². The van der Waals surface area contributed by atoms with Gasteiger partial charge in [0.2, 0.25) is 5.88 Å². The fraction of sp³-hybridized carbons (Fsp3) is 0.143. The maximum atomic E-state index is 12.9. The number of carbonyl (C=O) groups is 1. The fourth-order valence-corrected chi connectivity index (χ4v) is 2.80. The van der Waals surface area contributed by atoms with Crippen molar-refractivity contribution in [2.75, 3.05) is 25.6 Å². The van der Waals surface area contributed by atoms with Crippen molar-refractivity contribution in [2.24, 2.45) is 0 Å². The first-order valence-corrected chi connectivity index (χ1v) is 9.42. The van der Waals surface area contributed by atoms with E-state index in [2.05, 4.69) is 25.9 Å². The van der Waals surface area contributed by atoms with Crippen LogP contribution in [0.5, 0.6) is 11.6 Å². The summed E-state index contributed by atoms with van der Waals surface area (Å²) >= 11 is 0. The van der Waals surface area contributed by atoms with E-state index in [4.69, 9.17) is 9.47 Å². The summed E-state index contributed by atoms with van der Waals surface area (Å²) in [4.78, 5) is 11.9. The summed E-state index contributed by atoms with van der Waals surface area (Å²) in [6.07, 6.45) is 0. The summed E-state index contributed by atoms with van der Waals surface area (Å²) in [5.41, 5.74) is 1.90. The molecule has 2 aromatic carbocycles. The van der Waals surface area contributed by atoms with Crippen LogP contribution in [-0.4, -0.2) is 46.1 Å². The number of amides is 2. The number of nitrogens with zero attached hydrogens (tertiary/aromatic N) is 4. The van der Waals surface area contributed by atoms with E-state index in [0.29, 0.717) is 23.0 Å². The van der Waals surface area contributed by atoms with Gasteiger partial charge in [-0.1, -0.05) is 0 Å². The zero-order valence-corrected chi connectivity index (χ0v) is 16.6. The Hall–Kier alpha value is -4.21. The van der Waals surface area contributed by atoms with Crippen molar-refractivity contribution in [2.45, 2.75) is 0 Å². The first kappa shape index (κ1) is 20.1. The average Bonchev–Trinajstić information content (AvgIpc) is 3.21. The van der Waals surface area contributed by atoms with Crippen molar-refractivity contribution < 1.29 is 18.7 Å². The molecule has 0 radical (unpaired) electrons. The third-order valence-electron chi connectivity index (χ3n) is 4.33. The number of ether oxygens (including phenoxy) is 2. The van der Waals surface area contributed by atoms with Gasteiger partial charge in [0.25, 0.3) is 0 Å². The minimum atomic E-state index is -0.417. The normalized spacial score (nSPS) is 10.6. The molecule has 0 atom stereocenters. The van der Waals surface area contributed by atoms with E-state index in [1.165, 1.54) is 24.3 Å². The van der Waals surface area contributed by atoms with Gasteiger partial charge in [0.15, 0.2) is 11.5 Å². The lowest BCUT2D eigenvalue weighted by atomic mass is 10.2. The third-order valence-corrected chi connectivity index (χ3v) is 4.33. The molecule has 0 saturated heterocycles. The molecule has 0 saturated carbocycles. The molecule has 9 nitrogen and oxygen atoms in total. The molecule has 0 aliphatic heterocycles. The summed E-state index contributed by atoms with van der Waals surface area (Å²) in [6.45, 7) is 0.454. The van der Waals surface area contributed by atoms with Crippen LogP contribution in [0.2, 0.25) is 0 Å². The summed E-state index contributed by atoms with van der Waals surface area (Å²) in [7, 11) is 1.61. The lowest BCUT2D eigenvalue weighted by Gasteiger charge is -2.09. The number of aromatic nitrogens is 4. The Balaban J connectivity index is 1.34. The van der Waals surface area contributed by atoms with Gasteiger partial charge >= 0.3 is 6.03 Å². The van der Waals surface area contributed by atoms with Crippen LogP contribution in [0.15, 0.2) is 60.7 Å². The highest BCUT2D eigenvalue weighted by atomic mass is 19.1. The van der Waals surface area contributed by atoms with Gasteiger partial charge in [-0.25, -0.2) is 9.18 Å². The number of fused-ring (bicyclic) bond motifs is 1. The minimum Gasteiger partial charge on any atom is -0.497 e. The second kappa shape index (κ2) is 9.08. The Morgan fingerprint density at radius 2 is 1.81 bits per heavy atom. The maximum Gasteiger partial charge on any atom is 0.319 e. The topological polar surface area (TPSA) is 103 Å². The molecule has 2 aromatic heterocycles. The van der Waals surface area contributed by atoms with Crippen molar-refractivity contribution >= 4 is 17.4 Å². The summed E-state index contributed by atoms with van der Waals surface area (Å²) in [5, 5.41) is 18.0. The number of urea groups is 1. The molecular formula is C21H19FN6O3. The van der Waals surface area contributed by atoms with Crippen molar-refractivity contribution in [3.63, 3.8) is 0 Å². The van der Waals surface area contributed by atoms with Crippen molar-refractivity contribution in [3.05, 3.63) is 66.5 Å². The molecule has 31 heavy (non-hydrogen) atoms. The van der Waals surface area contributed by atoms with E-state index in [9.17, 15) is 9.18 Å². The number of hydrogen-bond donors (Lipinski definition) is 2. The molecule has 0 aliphatic rings. The number of nitrogens with one attached hydrogen (secondary N) is 2. The van der Waals surface area contributed by atoms with E-state index in [1.54, 1.807) is 23.8 Å². The van der Waals surface area contributed by atoms with Gasteiger partial charge in [-0.3, -0.25) is 0 Å². The molecule has 10 heteroatoms. The fourth-order valence-electron chi connectivity index (χ4n) is 2.80. The first-order valence-electron chi connectivity index (χ1n) is 9.42. The van der Waals surface area contributed by atoms with Crippen molar-refractivity contribution in [1.29, 1.82) is 0 Å². The van der Waals surface area contributed by atoms with E-state index in [1.807, 2.05) is 24.3 Å². The van der Waals surface area contributed by atoms with Crippen LogP contribution >= 0.6 is 0 Å². The van der Waals surface area contributed by atoms with E-state index in [-0.39, 0.29) is 19.0 Å². The zero-order valence-electron chi connectivity index (χ0n) is 16.6. The summed E-state index contributed by atoms with van der Waals surface area (Å²) < 4.78 is 25.3. The highest BCUT2D eigenvalue weighted by molar-refractivity contribution is 5.89. The lowest BCUT2D eigenvalue weighted by molar-refractivity contribution is 0.246. The van der Waals surface area contributed by atoms with E-state index < -0.39 is 6.03 Å². The van der Waals surface area contributed by atoms with E-state index in [0.717, 1.165) is 11.3 Å². The number of carbonyl (C=O) groups excluding carboxylic acids is 1. The number of halogens is 1. The molecule has 2 amide bonds. The van der Waals surface area contributed by atoms with Crippen LogP contribution in [-0.2, 0) is 0 Å². The van der Waals surface area contributed by atoms with Gasteiger partial charge < -0.3 is 20.1 Å². The standard InChI is InChI=1S/C21H19FN6O3/c1-30-17-8-2-14(3-9-17)20-26-25-18-10-11-19(27-28(18)20)31-13-12-23-21(29)24-16-6-4-15(22)5-7-16/h2-11H,12-13H2,1H3,(H2,23,24,29). The van der Waals surface area contributed by atoms with Crippen LogP contribution in [0.4, 0.5) is 14.9 Å². The number of methoxy groups -OCH3 is 1. The maximum absolute atomic E-state index is 12.9. The second-order valence-corrected chi connectivity index (χ2v) is 6.43. The highest BCUT2D eigenvalue weighted by Crippen LogP contribution is 2.21. The van der Waals surface area contributed by atoms with Crippen LogP contribution in [0.3, 0.4) is 0 Å². The molecule has 0 unspecified atom stereocenters. The molecule has 0 aliphatic carbocycles. The van der Waals surface area contributed by atoms with Crippen molar-refractivity contribution in [1.82, 2.24) is 25.1 Å². The van der Waals surface area contributed by atoms with Gasteiger partial charge in [0, 0.05) is 17.3 Å². The van der Waals surface area contributed by atoms with Gasteiger partial charge in [0.1, 0.15) is 18.2 Å². The predicted molar refractivity (Wildman–Crippen MR) is 112 cm³/mol. The minimum absolute atomic E-state index is 0.204. The zero-order chi connectivity index (χ0) is 21.6. The monoisotopic (exact) mass is 422 g/mol. The Kier molecular flexibility index (Phi) is 5.88. The number of hydrogen-bond acceptors (Lipinski definition) is 6. The molecule has 158 valence electrons. The largest absolute Gasteiger partial charge is 0.497 e. The predicted octanol–water partition coefficient (Wildman–Crippen LogP) is 3.14. The molecule has 2 heterocycles. The number of benzene rings is 2. The van der Waals surface area contributed by atoms with Crippen molar-refractivity contribution in [3.8, 4) is 23.0 Å². The van der Waals surface area contributed by atoms with Crippen LogP contribution in [0, 0.1) is 5.82 Å². The van der Waals surface area contributed by atoms with E-state index >= 15 is 0 Å². The molecule has 0 fully saturated rings. The molecular weight excluding hydrogens is 403 g/mol. The summed E-state index contributed by atoms with van der Waals surface area (Å²) in [5.74, 6) is 1.31. The quantitative estimate of drug-likeness (QED) is 0.444. The Morgan fingerprint density at radius 3 is 2.55 bits per heavy atom. The Morgan fingerprint density at radius 1 is 1.03 bits per heavy atom. The molecule has 2 N–H and O–H groups in total. The molecule has 4 rings (SSSR count). The molecule has 4 aromatic rings. The Bertz CT molecular complexity index is 1180. The highest BCUT2D eigenvalue weighted by Gasteiger charge is 2.11. The lowest BCUT2D eigenvalue weighted by Crippen LogP contribution is -2.32. The van der Waals surface area contributed by atoms with Crippen LogP contribution < -0.4 is 20.1 Å². The van der Waals surface area contributed by atoms with Gasteiger partial charge in [0.05, 0.1) is 13.7 Å². The first-order chi connectivity index (χ1) is 15.1. The third kappa shape index (κ3) is 4.86. The summed E-state index contributed by atoms with van der Waals surface area (Å²) in [6, 6.07) is 15.9. The Labute approximate surface area is 176 Å². The number of rotatable bonds is 7. The molecule has 0 spiro atoms. The smallest absolute Gasteiger partial charge is 0.319 e. The number of anilines is 1. The van der Waals surface area contributed by atoms with Gasteiger partial charge in [-0.2, -0.15) is 4.52 Å².